The Morgan fingerprint density at radius 3 is 2.00 bits per heavy atom. The van der Waals surface area contributed by atoms with Gasteiger partial charge in [-0.2, -0.15) is 0 Å². The van der Waals surface area contributed by atoms with Crippen LogP contribution in [0.1, 0.15) is 0 Å². The zero-order valence-corrected chi connectivity index (χ0v) is 18.3. The lowest BCUT2D eigenvalue weighted by Gasteiger charge is -2.32. The van der Waals surface area contributed by atoms with E-state index in [0.717, 1.165) is 22.8 Å². The molecule has 0 aromatic heterocycles. The molecule has 0 bridgehead atoms. The molecule has 0 saturated heterocycles. The number of nitrogens with zero attached hydrogens (tertiary/aromatic N) is 2. The third-order valence-corrected chi connectivity index (χ3v) is 4.54. The van der Waals surface area contributed by atoms with E-state index in [1.165, 1.54) is 5.47 Å². The summed E-state index contributed by atoms with van der Waals surface area (Å²) in [6, 6.07) is 10.3. The molecule has 0 aliphatic carbocycles. The number of benzene rings is 1. The van der Waals surface area contributed by atoms with Gasteiger partial charge in [0, 0.05) is 36.9 Å². The second kappa shape index (κ2) is 12.3. The van der Waals surface area contributed by atoms with Crippen molar-refractivity contribution in [3.8, 4) is 0 Å². The van der Waals surface area contributed by atoms with Crippen molar-refractivity contribution in [2.45, 2.75) is 13.6 Å². The first-order valence-electron chi connectivity index (χ1n) is 9.76. The van der Waals surface area contributed by atoms with Gasteiger partial charge < -0.3 is 9.80 Å². The zero-order valence-electron chi connectivity index (χ0n) is 18.3. The highest BCUT2D eigenvalue weighted by atomic mass is 15.1. The van der Waals surface area contributed by atoms with Crippen molar-refractivity contribution in [2.75, 3.05) is 19.0 Å². The molecule has 0 unspecified atom stereocenters. The van der Waals surface area contributed by atoms with Gasteiger partial charge in [-0.15, -0.1) is 0 Å². The van der Waals surface area contributed by atoms with Crippen molar-refractivity contribution >= 4 is 12.4 Å². The van der Waals surface area contributed by atoms with Crippen LogP contribution in [-0.4, -0.2) is 25.7 Å². The summed E-state index contributed by atoms with van der Waals surface area (Å²) in [6.45, 7) is 20.3. The minimum Gasteiger partial charge on any atom is -0.345 e. The summed E-state index contributed by atoms with van der Waals surface area (Å²) in [5.41, 5.74) is 5.38. The SMILES string of the molecule is C=C/C=C\C(=C/C=C)N(C)C(=C/C=C)/C(B(C)C)=C(\C=C)N(C)c1ccccc1. The van der Waals surface area contributed by atoms with Crippen LogP contribution in [0.15, 0.2) is 128 Å². The maximum Gasteiger partial charge on any atom is 0.175 e. The van der Waals surface area contributed by atoms with Crippen molar-refractivity contribution in [2.24, 2.45) is 0 Å². The predicted octanol–water partition coefficient (Wildman–Crippen LogP) is 6.67. The third kappa shape index (κ3) is 6.43. The summed E-state index contributed by atoms with van der Waals surface area (Å²) in [5, 5.41) is 0. The molecule has 0 fully saturated rings. The molecule has 1 rings (SSSR count). The lowest BCUT2D eigenvalue weighted by atomic mass is 9.47. The minimum atomic E-state index is 0.260. The molecule has 0 N–H and O–H groups in total. The van der Waals surface area contributed by atoms with E-state index >= 15 is 0 Å². The Balaban J connectivity index is 3.68. The standard InChI is InChI=1S/C26H33BN2/c1-9-13-19-22(17-10-2)29(8)25(18-11-3)26(27(5)6)24(12-4)28(7)23-20-15-14-16-21-23/h9-21H,1-4H2,5-8H3/b19-13-,22-17+,25-18+,26-24-. The molecule has 0 aliphatic rings. The highest BCUT2D eigenvalue weighted by molar-refractivity contribution is 6.65. The minimum absolute atomic E-state index is 0.260. The number of rotatable bonds is 11. The number of likely N-dealkylation sites (N-methyl/N-ethyl adjacent to an activating group) is 2. The normalized spacial score (nSPS) is 12.8. The fourth-order valence-corrected chi connectivity index (χ4v) is 3.14. The molecule has 150 valence electrons. The molecule has 1 aromatic rings. The number of allylic oxidation sites excluding steroid dienone is 9. The molecule has 2 nitrogen and oxygen atoms in total. The predicted molar refractivity (Wildman–Crippen MR) is 133 cm³/mol. The van der Waals surface area contributed by atoms with Gasteiger partial charge in [0.1, 0.15) is 0 Å². The third-order valence-electron chi connectivity index (χ3n) is 4.54. The van der Waals surface area contributed by atoms with Gasteiger partial charge in [0.2, 0.25) is 0 Å². The quantitative estimate of drug-likeness (QED) is 0.310. The summed E-state index contributed by atoms with van der Waals surface area (Å²) in [6.07, 6.45) is 15.2. The largest absolute Gasteiger partial charge is 0.345 e. The Morgan fingerprint density at radius 2 is 1.52 bits per heavy atom. The van der Waals surface area contributed by atoms with Gasteiger partial charge in [0.25, 0.3) is 0 Å². The first kappa shape index (κ1) is 23.8. The van der Waals surface area contributed by atoms with Gasteiger partial charge in [0.05, 0.1) is 0 Å². The average Bonchev–Trinajstić information content (AvgIpc) is 2.73. The van der Waals surface area contributed by atoms with E-state index in [-0.39, 0.29) is 6.71 Å². The molecule has 3 heteroatoms. The molecule has 0 aliphatic heterocycles. The molecule has 29 heavy (non-hydrogen) atoms. The van der Waals surface area contributed by atoms with Crippen molar-refractivity contribution < 1.29 is 0 Å². The average molecular weight is 384 g/mol. The number of hydrogen-bond acceptors (Lipinski definition) is 2. The fraction of sp³-hybridized carbons (Fsp3) is 0.154. The maximum absolute atomic E-state index is 4.11. The van der Waals surface area contributed by atoms with Crippen LogP contribution >= 0.6 is 0 Å². The first-order chi connectivity index (χ1) is 13.9. The fourth-order valence-electron chi connectivity index (χ4n) is 3.14. The van der Waals surface area contributed by atoms with E-state index in [0.29, 0.717) is 0 Å². The highest BCUT2D eigenvalue weighted by Gasteiger charge is 2.22. The Bertz CT molecular complexity index is 839. The number of hydrogen-bond donors (Lipinski definition) is 0. The Hall–Kier alpha value is -3.20. The Labute approximate surface area is 178 Å². The molecule has 0 saturated carbocycles. The molecule has 0 heterocycles. The molecular weight excluding hydrogens is 351 g/mol. The van der Waals surface area contributed by atoms with Gasteiger partial charge in [-0.25, -0.2) is 0 Å². The van der Waals surface area contributed by atoms with Gasteiger partial charge in [0.15, 0.2) is 6.71 Å². The summed E-state index contributed by atoms with van der Waals surface area (Å²) in [7, 11) is 4.11. The van der Waals surface area contributed by atoms with Crippen molar-refractivity contribution in [3.05, 3.63) is 128 Å². The van der Waals surface area contributed by atoms with Crippen LogP contribution in [0.3, 0.4) is 0 Å². The van der Waals surface area contributed by atoms with Crippen LogP contribution in [0.4, 0.5) is 5.69 Å². The summed E-state index contributed by atoms with van der Waals surface area (Å²) in [5.74, 6) is 0. The Morgan fingerprint density at radius 1 is 0.897 bits per heavy atom. The number of anilines is 1. The van der Waals surface area contributed by atoms with Gasteiger partial charge in [-0.05, 0) is 41.9 Å². The summed E-state index contributed by atoms with van der Waals surface area (Å²) >= 11 is 0. The summed E-state index contributed by atoms with van der Waals surface area (Å²) < 4.78 is 0. The van der Waals surface area contributed by atoms with Crippen LogP contribution in [0.5, 0.6) is 0 Å². The second-order valence-electron chi connectivity index (χ2n) is 6.82. The van der Waals surface area contributed by atoms with Crippen molar-refractivity contribution in [3.63, 3.8) is 0 Å². The van der Waals surface area contributed by atoms with E-state index < -0.39 is 0 Å². The monoisotopic (exact) mass is 384 g/mol. The van der Waals surface area contributed by atoms with E-state index in [9.17, 15) is 0 Å². The van der Waals surface area contributed by atoms with Crippen molar-refractivity contribution in [1.29, 1.82) is 0 Å². The van der Waals surface area contributed by atoms with Crippen LogP contribution in [0.2, 0.25) is 13.6 Å². The molecule has 0 spiro atoms. The lowest BCUT2D eigenvalue weighted by molar-refractivity contribution is 0.549. The molecule has 0 atom stereocenters. The van der Waals surface area contributed by atoms with Crippen molar-refractivity contribution in [1.82, 2.24) is 4.90 Å². The van der Waals surface area contributed by atoms with Crippen LogP contribution < -0.4 is 4.90 Å². The molecule has 0 amide bonds. The Kier molecular flexibility index (Phi) is 10.1. The lowest BCUT2D eigenvalue weighted by Crippen LogP contribution is -2.28. The van der Waals surface area contributed by atoms with E-state index in [1.54, 1.807) is 12.2 Å². The van der Waals surface area contributed by atoms with E-state index in [1.807, 2.05) is 61.7 Å². The second-order valence-corrected chi connectivity index (χ2v) is 6.82. The van der Waals surface area contributed by atoms with Gasteiger partial charge in [-0.1, -0.05) is 82.5 Å². The maximum atomic E-state index is 4.11. The smallest absolute Gasteiger partial charge is 0.175 e. The van der Waals surface area contributed by atoms with Crippen LogP contribution in [0.25, 0.3) is 0 Å². The van der Waals surface area contributed by atoms with Crippen LogP contribution in [-0.2, 0) is 0 Å². The topological polar surface area (TPSA) is 6.48 Å². The first-order valence-corrected chi connectivity index (χ1v) is 9.76. The van der Waals surface area contributed by atoms with E-state index in [2.05, 4.69) is 68.9 Å². The molecule has 0 radical (unpaired) electrons. The molecule has 1 aromatic carbocycles. The molecular formula is C26H33BN2. The highest BCUT2D eigenvalue weighted by Crippen LogP contribution is 2.29. The number of para-hydroxylation sites is 1. The van der Waals surface area contributed by atoms with Gasteiger partial charge >= 0.3 is 0 Å². The van der Waals surface area contributed by atoms with Gasteiger partial charge in [-0.3, -0.25) is 0 Å². The summed E-state index contributed by atoms with van der Waals surface area (Å²) in [4.78, 5) is 4.31. The van der Waals surface area contributed by atoms with Crippen LogP contribution in [0, 0.1) is 0 Å². The zero-order chi connectivity index (χ0) is 21.8. The van der Waals surface area contributed by atoms with E-state index in [4.69, 9.17) is 0 Å².